The molecule has 0 saturated heterocycles. The van der Waals surface area contributed by atoms with Gasteiger partial charge in [0.1, 0.15) is 9.96 Å². The first-order chi connectivity index (χ1) is 13.2. The van der Waals surface area contributed by atoms with Crippen LogP contribution in [0, 0.1) is 0 Å². The van der Waals surface area contributed by atoms with Crippen molar-refractivity contribution in [2.45, 2.75) is 4.21 Å². The number of esters is 1. The number of nitrogens with one attached hydrogen (secondary N) is 1. The van der Waals surface area contributed by atoms with Crippen molar-refractivity contribution in [2.75, 3.05) is 24.6 Å². The molecule has 0 aliphatic carbocycles. The number of hydrogen-bond donors (Lipinski definition) is 2. The zero-order valence-electron chi connectivity index (χ0n) is 14.7. The monoisotopic (exact) mass is 427 g/mol. The fraction of sp³-hybridized carbons (Fsp3) is 0.188. The van der Waals surface area contributed by atoms with Gasteiger partial charge in [-0.15, -0.1) is 11.3 Å². The van der Waals surface area contributed by atoms with Crippen LogP contribution in [0.2, 0.25) is 0 Å². The standard InChI is InChI=1S/C16H17N3O7S2/c1-19(28(23,24)15-3-2-8-27-15)11-4-6-12(7-5-11)25-10-14(21)26-9-13(20)18-16(17)22/h2-8H,9-10H2,1H3,(H3,17,18,20,22). The number of hydrogen-bond acceptors (Lipinski definition) is 8. The van der Waals surface area contributed by atoms with Gasteiger partial charge in [0.25, 0.3) is 15.9 Å². The highest BCUT2D eigenvalue weighted by atomic mass is 32.2. The van der Waals surface area contributed by atoms with Crippen molar-refractivity contribution in [1.82, 2.24) is 5.32 Å². The minimum absolute atomic E-state index is 0.221. The number of nitrogens with zero attached hydrogens (tertiary/aromatic N) is 1. The summed E-state index contributed by atoms with van der Waals surface area (Å²) in [4.78, 5) is 33.1. The molecular formula is C16H17N3O7S2. The number of imide groups is 1. The molecule has 28 heavy (non-hydrogen) atoms. The summed E-state index contributed by atoms with van der Waals surface area (Å²) in [6, 6.07) is 8.13. The smallest absolute Gasteiger partial charge is 0.344 e. The van der Waals surface area contributed by atoms with Crippen LogP contribution < -0.4 is 20.1 Å². The van der Waals surface area contributed by atoms with Crippen LogP contribution in [0.25, 0.3) is 0 Å². The number of primary amides is 1. The molecule has 10 nitrogen and oxygen atoms in total. The van der Waals surface area contributed by atoms with E-state index in [1.54, 1.807) is 16.8 Å². The molecule has 3 N–H and O–H groups in total. The third-order valence-corrected chi connectivity index (χ3v) is 6.45. The van der Waals surface area contributed by atoms with Gasteiger partial charge in [0, 0.05) is 7.05 Å². The quantitative estimate of drug-likeness (QED) is 0.590. The molecule has 150 valence electrons. The topological polar surface area (TPSA) is 145 Å². The number of benzene rings is 1. The number of amides is 3. The largest absolute Gasteiger partial charge is 0.482 e. The number of anilines is 1. The Labute approximate surface area is 164 Å². The van der Waals surface area contributed by atoms with E-state index in [1.165, 1.54) is 37.4 Å². The van der Waals surface area contributed by atoms with Gasteiger partial charge in [0.2, 0.25) is 0 Å². The van der Waals surface area contributed by atoms with Gasteiger partial charge < -0.3 is 15.2 Å². The number of nitrogens with two attached hydrogens (primary N) is 1. The van der Waals surface area contributed by atoms with E-state index in [1.807, 2.05) is 0 Å². The molecule has 2 aromatic rings. The van der Waals surface area contributed by atoms with E-state index in [-0.39, 0.29) is 4.21 Å². The van der Waals surface area contributed by atoms with Gasteiger partial charge in [0.15, 0.2) is 13.2 Å². The van der Waals surface area contributed by atoms with Crippen molar-refractivity contribution in [3.8, 4) is 5.75 Å². The van der Waals surface area contributed by atoms with Crippen LogP contribution >= 0.6 is 11.3 Å². The van der Waals surface area contributed by atoms with Crippen molar-refractivity contribution in [2.24, 2.45) is 5.73 Å². The predicted octanol–water partition coefficient (Wildman–Crippen LogP) is 0.690. The molecule has 1 aromatic carbocycles. The lowest BCUT2D eigenvalue weighted by atomic mass is 10.3. The van der Waals surface area contributed by atoms with E-state index in [0.29, 0.717) is 11.4 Å². The highest BCUT2D eigenvalue weighted by Crippen LogP contribution is 2.26. The van der Waals surface area contributed by atoms with Crippen molar-refractivity contribution < 1.29 is 32.3 Å². The van der Waals surface area contributed by atoms with E-state index in [9.17, 15) is 22.8 Å². The van der Waals surface area contributed by atoms with E-state index in [0.717, 1.165) is 15.6 Å². The molecule has 12 heteroatoms. The SMILES string of the molecule is CN(c1ccc(OCC(=O)OCC(=O)NC(N)=O)cc1)S(=O)(=O)c1cccs1. The van der Waals surface area contributed by atoms with Gasteiger partial charge in [-0.2, -0.15) is 0 Å². The number of thiophene rings is 1. The van der Waals surface area contributed by atoms with Gasteiger partial charge in [-0.05, 0) is 35.7 Å². The van der Waals surface area contributed by atoms with Crippen molar-refractivity contribution in [3.63, 3.8) is 0 Å². The minimum Gasteiger partial charge on any atom is -0.482 e. The molecule has 0 radical (unpaired) electrons. The van der Waals surface area contributed by atoms with Crippen molar-refractivity contribution in [1.29, 1.82) is 0 Å². The molecular weight excluding hydrogens is 410 g/mol. The Morgan fingerprint density at radius 2 is 1.82 bits per heavy atom. The fourth-order valence-electron chi connectivity index (χ4n) is 1.94. The van der Waals surface area contributed by atoms with E-state index < -0.39 is 41.1 Å². The Kier molecular flexibility index (Phi) is 6.95. The summed E-state index contributed by atoms with van der Waals surface area (Å²) < 4.78 is 36.1. The molecule has 3 amide bonds. The summed E-state index contributed by atoms with van der Waals surface area (Å²) in [5.74, 6) is -1.40. The molecule has 0 atom stereocenters. The number of sulfonamides is 1. The van der Waals surface area contributed by atoms with E-state index in [4.69, 9.17) is 10.5 Å². The molecule has 0 aliphatic rings. The molecule has 1 heterocycles. The molecule has 0 unspecified atom stereocenters. The average Bonchev–Trinajstić information content (AvgIpc) is 3.19. The van der Waals surface area contributed by atoms with Crippen LogP contribution in [0.3, 0.4) is 0 Å². The molecule has 0 saturated carbocycles. The molecule has 0 fully saturated rings. The van der Waals surface area contributed by atoms with E-state index >= 15 is 0 Å². The lowest BCUT2D eigenvalue weighted by Crippen LogP contribution is -2.38. The first-order valence-corrected chi connectivity index (χ1v) is 10.0. The molecule has 0 spiro atoms. The first kappa shape index (κ1) is 21.2. The number of carbonyl (C=O) groups excluding carboxylic acids is 3. The summed E-state index contributed by atoms with van der Waals surface area (Å²) in [6.45, 7) is -1.15. The predicted molar refractivity (Wildman–Crippen MR) is 101 cm³/mol. The van der Waals surface area contributed by atoms with Gasteiger partial charge >= 0.3 is 12.0 Å². The molecule has 2 rings (SSSR count). The Balaban J connectivity index is 1.88. The van der Waals surface area contributed by atoms with Crippen LogP contribution in [-0.2, 0) is 24.3 Å². The zero-order chi connectivity index (χ0) is 20.7. The van der Waals surface area contributed by atoms with Crippen LogP contribution in [0.4, 0.5) is 10.5 Å². The third-order valence-electron chi connectivity index (χ3n) is 3.29. The van der Waals surface area contributed by atoms with E-state index in [2.05, 4.69) is 4.74 Å². The second-order valence-electron chi connectivity index (χ2n) is 5.26. The Morgan fingerprint density at radius 1 is 1.14 bits per heavy atom. The van der Waals surface area contributed by atoms with Crippen LogP contribution in [0.5, 0.6) is 5.75 Å². The fourth-order valence-corrected chi connectivity index (χ4v) is 4.30. The highest BCUT2D eigenvalue weighted by Gasteiger charge is 2.22. The van der Waals surface area contributed by atoms with Crippen LogP contribution in [-0.4, -0.2) is 46.6 Å². The first-order valence-electron chi connectivity index (χ1n) is 7.70. The van der Waals surface area contributed by atoms with Crippen molar-refractivity contribution >= 4 is 45.0 Å². The maximum Gasteiger partial charge on any atom is 0.344 e. The maximum absolute atomic E-state index is 12.5. The lowest BCUT2D eigenvalue weighted by Gasteiger charge is -2.18. The Hall–Kier alpha value is -3.12. The number of ether oxygens (including phenoxy) is 2. The van der Waals surface area contributed by atoms with Gasteiger partial charge in [0.05, 0.1) is 5.69 Å². The summed E-state index contributed by atoms with van der Waals surface area (Å²) in [6.07, 6.45) is 0. The summed E-state index contributed by atoms with van der Waals surface area (Å²) >= 11 is 1.12. The molecule has 1 aromatic heterocycles. The normalized spacial score (nSPS) is 10.8. The van der Waals surface area contributed by atoms with Crippen LogP contribution in [0.15, 0.2) is 46.0 Å². The van der Waals surface area contributed by atoms with Gasteiger partial charge in [-0.1, -0.05) is 6.07 Å². The van der Waals surface area contributed by atoms with Gasteiger partial charge in [-0.3, -0.25) is 14.4 Å². The minimum atomic E-state index is -3.65. The number of carbonyl (C=O) groups is 3. The Morgan fingerprint density at radius 3 is 2.39 bits per heavy atom. The number of rotatable bonds is 8. The Bertz CT molecular complexity index is 941. The van der Waals surface area contributed by atoms with Gasteiger partial charge in [-0.25, -0.2) is 18.0 Å². The average molecular weight is 427 g/mol. The van der Waals surface area contributed by atoms with Crippen molar-refractivity contribution in [3.05, 3.63) is 41.8 Å². The summed E-state index contributed by atoms with van der Waals surface area (Å²) in [5, 5.41) is 3.41. The maximum atomic E-state index is 12.5. The molecule has 0 aliphatic heterocycles. The number of urea groups is 1. The summed E-state index contributed by atoms with van der Waals surface area (Å²) in [7, 11) is -2.22. The zero-order valence-corrected chi connectivity index (χ0v) is 16.3. The third kappa shape index (κ3) is 5.69. The summed E-state index contributed by atoms with van der Waals surface area (Å²) in [5.41, 5.74) is 5.15. The van der Waals surface area contributed by atoms with Crippen LogP contribution in [0.1, 0.15) is 0 Å². The molecule has 0 bridgehead atoms. The lowest BCUT2D eigenvalue weighted by molar-refractivity contribution is -0.150. The second kappa shape index (κ2) is 9.19. The second-order valence-corrected chi connectivity index (χ2v) is 8.40. The highest BCUT2D eigenvalue weighted by molar-refractivity contribution is 7.94.